The van der Waals surface area contributed by atoms with Crippen molar-refractivity contribution in [1.82, 2.24) is 10.6 Å². The van der Waals surface area contributed by atoms with E-state index in [1.807, 2.05) is 42.5 Å². The second-order valence-electron chi connectivity index (χ2n) is 7.33. The number of benzene rings is 3. The molecule has 0 fully saturated rings. The molecule has 0 saturated heterocycles. The fraction of sp³-hybridized carbons (Fsp3) is 0.269. The van der Waals surface area contributed by atoms with Crippen molar-refractivity contribution in [3.05, 3.63) is 89.5 Å². The molecule has 0 aliphatic heterocycles. The van der Waals surface area contributed by atoms with E-state index in [1.54, 1.807) is 27.4 Å². The van der Waals surface area contributed by atoms with Gasteiger partial charge in [0.05, 0.1) is 27.9 Å². The smallest absolute Gasteiger partial charge is 0.234 e. The summed E-state index contributed by atoms with van der Waals surface area (Å²) < 4.78 is 16.1. The van der Waals surface area contributed by atoms with Crippen molar-refractivity contribution in [3.63, 3.8) is 0 Å². The van der Waals surface area contributed by atoms with Crippen LogP contribution in [0.2, 0.25) is 0 Å². The maximum atomic E-state index is 12.6. The number of ether oxygens (including phenoxy) is 3. The maximum Gasteiger partial charge on any atom is 0.234 e. The molecule has 168 valence electrons. The molecule has 1 amide bonds. The number of carbonyl (C=O) groups is 1. The summed E-state index contributed by atoms with van der Waals surface area (Å²) in [6, 6.07) is 24.0. The van der Waals surface area contributed by atoms with E-state index in [0.29, 0.717) is 23.8 Å². The summed E-state index contributed by atoms with van der Waals surface area (Å²) in [4.78, 5) is 12.6. The molecule has 32 heavy (non-hydrogen) atoms. The van der Waals surface area contributed by atoms with Gasteiger partial charge in [-0.2, -0.15) is 0 Å². The van der Waals surface area contributed by atoms with Gasteiger partial charge in [0, 0.05) is 24.2 Å². The van der Waals surface area contributed by atoms with E-state index in [1.165, 1.54) is 5.56 Å². The van der Waals surface area contributed by atoms with Crippen LogP contribution in [-0.4, -0.2) is 33.8 Å². The molecule has 1 atom stereocenters. The van der Waals surface area contributed by atoms with Gasteiger partial charge in [0.15, 0.2) is 11.5 Å². The molecule has 0 bridgehead atoms. The number of hydrogen-bond donors (Lipinski definition) is 2. The summed E-state index contributed by atoms with van der Waals surface area (Å²) in [5, 5.41) is 6.36. The van der Waals surface area contributed by atoms with Crippen LogP contribution in [0.4, 0.5) is 0 Å². The van der Waals surface area contributed by atoms with E-state index in [2.05, 4.69) is 34.9 Å². The van der Waals surface area contributed by atoms with Crippen LogP contribution in [0, 0.1) is 0 Å². The Labute approximate surface area is 189 Å². The summed E-state index contributed by atoms with van der Waals surface area (Å²) in [5.74, 6) is 1.69. The number of hydrogen-bond acceptors (Lipinski definition) is 5. The summed E-state index contributed by atoms with van der Waals surface area (Å²) >= 11 is 0. The monoisotopic (exact) mass is 434 g/mol. The minimum absolute atomic E-state index is 0.0277. The first-order chi connectivity index (χ1) is 15.6. The molecule has 2 N–H and O–H groups in total. The molecule has 0 spiro atoms. The Morgan fingerprint density at radius 1 is 0.812 bits per heavy atom. The molecule has 1 unspecified atom stereocenters. The zero-order valence-corrected chi connectivity index (χ0v) is 18.8. The molecular formula is C26H30N2O4. The highest BCUT2D eigenvalue weighted by molar-refractivity contribution is 5.78. The van der Waals surface area contributed by atoms with Gasteiger partial charge < -0.3 is 24.8 Å². The molecule has 6 nitrogen and oxygen atoms in total. The highest BCUT2D eigenvalue weighted by Crippen LogP contribution is 2.34. The van der Waals surface area contributed by atoms with E-state index < -0.39 is 0 Å². The van der Waals surface area contributed by atoms with Gasteiger partial charge in [-0.05, 0) is 23.6 Å². The van der Waals surface area contributed by atoms with Crippen LogP contribution >= 0.6 is 0 Å². The van der Waals surface area contributed by atoms with Crippen LogP contribution in [0.1, 0.15) is 22.7 Å². The van der Waals surface area contributed by atoms with Crippen molar-refractivity contribution in [2.75, 3.05) is 27.9 Å². The number of amides is 1. The quantitative estimate of drug-likeness (QED) is 0.479. The largest absolute Gasteiger partial charge is 0.496 e. The second kappa shape index (κ2) is 11.8. The Hall–Kier alpha value is -3.51. The van der Waals surface area contributed by atoms with Crippen LogP contribution in [0.5, 0.6) is 17.2 Å². The SMILES string of the molecule is COc1cc(OC)c(OC)cc1CNC(=O)CNC(Cc1ccccc1)c1ccccc1. The van der Waals surface area contributed by atoms with Crippen molar-refractivity contribution >= 4 is 5.91 Å². The molecule has 3 aromatic carbocycles. The lowest BCUT2D eigenvalue weighted by Crippen LogP contribution is -2.36. The molecule has 3 aromatic rings. The standard InChI is InChI=1S/C26H30N2O4/c1-30-23-16-25(32-3)24(31-2)15-21(23)17-28-26(29)18-27-22(20-12-8-5-9-13-20)14-19-10-6-4-7-11-19/h4-13,15-16,22,27H,14,17-18H2,1-3H3,(H,28,29). The van der Waals surface area contributed by atoms with E-state index in [9.17, 15) is 4.79 Å². The first-order valence-electron chi connectivity index (χ1n) is 10.5. The summed E-state index contributed by atoms with van der Waals surface area (Å²) in [5.41, 5.74) is 3.16. The van der Waals surface area contributed by atoms with Crippen molar-refractivity contribution in [3.8, 4) is 17.2 Å². The molecule has 3 rings (SSSR count). The van der Waals surface area contributed by atoms with Crippen molar-refractivity contribution in [2.24, 2.45) is 0 Å². The topological polar surface area (TPSA) is 68.8 Å². The molecule has 0 saturated carbocycles. The number of carbonyl (C=O) groups excluding carboxylic acids is 1. The van der Waals surface area contributed by atoms with Gasteiger partial charge in [-0.15, -0.1) is 0 Å². The van der Waals surface area contributed by atoms with E-state index >= 15 is 0 Å². The summed E-state index contributed by atoms with van der Waals surface area (Å²) in [6.07, 6.45) is 0.793. The molecule has 0 aliphatic carbocycles. The first kappa shape index (κ1) is 23.2. The third-order valence-electron chi connectivity index (χ3n) is 5.26. The fourth-order valence-electron chi connectivity index (χ4n) is 3.55. The van der Waals surface area contributed by atoms with Crippen molar-refractivity contribution in [2.45, 2.75) is 19.0 Å². The molecule has 0 aromatic heterocycles. The number of rotatable bonds is 11. The molecule has 0 aliphatic rings. The first-order valence-corrected chi connectivity index (χ1v) is 10.5. The van der Waals surface area contributed by atoms with Gasteiger partial charge in [-0.25, -0.2) is 0 Å². The van der Waals surface area contributed by atoms with Crippen LogP contribution in [0.15, 0.2) is 72.8 Å². The molecule has 0 radical (unpaired) electrons. The summed E-state index contributed by atoms with van der Waals surface area (Å²) in [6.45, 7) is 0.515. The minimum Gasteiger partial charge on any atom is -0.496 e. The Morgan fingerprint density at radius 3 is 2.03 bits per heavy atom. The normalized spacial score (nSPS) is 11.5. The third kappa shape index (κ3) is 6.25. The van der Waals surface area contributed by atoms with Crippen LogP contribution in [0.3, 0.4) is 0 Å². The van der Waals surface area contributed by atoms with Crippen molar-refractivity contribution in [1.29, 1.82) is 0 Å². The third-order valence-corrected chi connectivity index (χ3v) is 5.26. The molecule has 6 heteroatoms. The zero-order valence-electron chi connectivity index (χ0n) is 18.8. The lowest BCUT2D eigenvalue weighted by molar-refractivity contribution is -0.120. The minimum atomic E-state index is -0.101. The highest BCUT2D eigenvalue weighted by Gasteiger charge is 2.15. The molecule has 0 heterocycles. The Bertz CT molecular complexity index is 993. The maximum absolute atomic E-state index is 12.6. The fourth-order valence-corrected chi connectivity index (χ4v) is 3.55. The molecular weight excluding hydrogens is 404 g/mol. The Morgan fingerprint density at radius 2 is 1.41 bits per heavy atom. The average molecular weight is 435 g/mol. The number of nitrogens with one attached hydrogen (secondary N) is 2. The lowest BCUT2D eigenvalue weighted by Gasteiger charge is -2.20. The zero-order chi connectivity index (χ0) is 22.8. The Balaban J connectivity index is 1.63. The lowest BCUT2D eigenvalue weighted by atomic mass is 9.99. The van der Waals surface area contributed by atoms with Crippen LogP contribution in [0.25, 0.3) is 0 Å². The average Bonchev–Trinajstić information content (AvgIpc) is 2.85. The van der Waals surface area contributed by atoms with Gasteiger partial charge >= 0.3 is 0 Å². The van der Waals surface area contributed by atoms with E-state index in [-0.39, 0.29) is 18.5 Å². The van der Waals surface area contributed by atoms with Crippen LogP contribution in [-0.2, 0) is 17.8 Å². The van der Waals surface area contributed by atoms with E-state index in [4.69, 9.17) is 14.2 Å². The number of methoxy groups -OCH3 is 3. The predicted octanol–water partition coefficient (Wildman–Crippen LogP) is 3.90. The van der Waals surface area contributed by atoms with Gasteiger partial charge in [0.25, 0.3) is 0 Å². The highest BCUT2D eigenvalue weighted by atomic mass is 16.5. The Kier molecular flexibility index (Phi) is 8.52. The van der Waals surface area contributed by atoms with Gasteiger partial charge in [-0.3, -0.25) is 4.79 Å². The van der Waals surface area contributed by atoms with Crippen LogP contribution < -0.4 is 24.8 Å². The van der Waals surface area contributed by atoms with Gasteiger partial charge in [-0.1, -0.05) is 60.7 Å². The van der Waals surface area contributed by atoms with Crippen molar-refractivity contribution < 1.29 is 19.0 Å². The summed E-state index contributed by atoms with van der Waals surface area (Å²) in [7, 11) is 4.73. The second-order valence-corrected chi connectivity index (χ2v) is 7.33. The van der Waals surface area contributed by atoms with Gasteiger partial charge in [0.2, 0.25) is 5.91 Å². The predicted molar refractivity (Wildman–Crippen MR) is 125 cm³/mol. The van der Waals surface area contributed by atoms with E-state index in [0.717, 1.165) is 17.5 Å². The van der Waals surface area contributed by atoms with Gasteiger partial charge in [0.1, 0.15) is 5.75 Å².